The molecule has 0 amide bonds. The van der Waals surface area contributed by atoms with Gasteiger partial charge in [0.05, 0.1) is 17.2 Å². The second-order valence-corrected chi connectivity index (χ2v) is 3.09. The largest absolute Gasteiger partial charge is 0.291 e. The van der Waals surface area contributed by atoms with Crippen LogP contribution in [-0.4, -0.2) is 5.78 Å². The van der Waals surface area contributed by atoms with Gasteiger partial charge in [-0.2, -0.15) is 10.5 Å². The van der Waals surface area contributed by atoms with Gasteiger partial charge >= 0.3 is 0 Å². The van der Waals surface area contributed by atoms with Crippen molar-refractivity contribution < 1.29 is 9.18 Å². The molecule has 5 heteroatoms. The van der Waals surface area contributed by atoms with E-state index in [1.54, 1.807) is 0 Å². The molecular weight excluding hydrogens is 219 g/mol. The van der Waals surface area contributed by atoms with Crippen LogP contribution in [0.4, 0.5) is 4.39 Å². The minimum Gasteiger partial charge on any atom is -0.291 e. The fourth-order valence-electron chi connectivity index (χ4n) is 0.962. The van der Waals surface area contributed by atoms with Crippen molar-refractivity contribution in [1.82, 2.24) is 0 Å². The molecule has 0 saturated carbocycles. The molecule has 3 nitrogen and oxygen atoms in total. The first-order chi connectivity index (χ1) is 7.10. The van der Waals surface area contributed by atoms with Crippen LogP contribution < -0.4 is 0 Å². The molecule has 15 heavy (non-hydrogen) atoms. The molecule has 1 rings (SSSR count). The zero-order valence-corrected chi connectivity index (χ0v) is 8.12. The molecule has 74 valence electrons. The smallest absolute Gasteiger partial charge is 0.195 e. The Bertz CT molecular complexity index is 473. The fourth-order valence-corrected chi connectivity index (χ4v) is 1.08. The Morgan fingerprint density at radius 1 is 1.40 bits per heavy atom. The van der Waals surface area contributed by atoms with Gasteiger partial charge in [0.15, 0.2) is 11.7 Å². The molecule has 0 aromatic heterocycles. The molecule has 0 aliphatic carbocycles. The molecule has 0 unspecified atom stereocenters. The molecule has 0 atom stereocenters. The van der Waals surface area contributed by atoms with Crippen molar-refractivity contribution in [1.29, 1.82) is 10.5 Å². The van der Waals surface area contributed by atoms with Gasteiger partial charge in [0.1, 0.15) is 5.82 Å². The molecule has 0 radical (unpaired) electrons. The van der Waals surface area contributed by atoms with E-state index in [-0.39, 0.29) is 10.6 Å². The molecule has 0 bridgehead atoms. The Hall–Kier alpha value is -1.91. The molecule has 0 aliphatic rings. The third kappa shape index (κ3) is 2.31. The Labute approximate surface area is 90.3 Å². The van der Waals surface area contributed by atoms with Gasteiger partial charge in [0.2, 0.25) is 0 Å². The third-order valence-electron chi connectivity index (χ3n) is 1.72. The zero-order valence-electron chi connectivity index (χ0n) is 7.37. The molecule has 1 aromatic carbocycles. The van der Waals surface area contributed by atoms with Crippen molar-refractivity contribution in [3.63, 3.8) is 0 Å². The molecule has 1 aromatic rings. The van der Waals surface area contributed by atoms with Crippen LogP contribution >= 0.6 is 11.6 Å². The van der Waals surface area contributed by atoms with E-state index in [4.69, 9.17) is 22.1 Å². The average molecular weight is 223 g/mol. The maximum atomic E-state index is 13.0. The highest BCUT2D eigenvalue weighted by molar-refractivity contribution is 6.30. The van der Waals surface area contributed by atoms with Gasteiger partial charge in [-0.15, -0.1) is 0 Å². The average Bonchev–Trinajstić information content (AvgIpc) is 2.23. The number of nitrogens with zero attached hydrogens (tertiary/aromatic N) is 2. The summed E-state index contributed by atoms with van der Waals surface area (Å²) in [5.74, 6) is -2.89. The topological polar surface area (TPSA) is 64.7 Å². The Balaban J connectivity index is 3.09. The van der Waals surface area contributed by atoms with E-state index in [1.807, 2.05) is 0 Å². The molecule has 0 saturated heterocycles. The predicted molar refractivity (Wildman–Crippen MR) is 50.5 cm³/mol. The van der Waals surface area contributed by atoms with Crippen LogP contribution in [0.3, 0.4) is 0 Å². The number of Topliss-reactive ketones (excluding diaryl/α,β-unsaturated/α-hetero) is 1. The maximum Gasteiger partial charge on any atom is 0.195 e. The number of hydrogen-bond acceptors (Lipinski definition) is 3. The second kappa shape index (κ2) is 4.54. The summed E-state index contributed by atoms with van der Waals surface area (Å²) in [6.07, 6.45) is 0. The van der Waals surface area contributed by atoms with Crippen LogP contribution in [0.15, 0.2) is 18.2 Å². The molecule has 0 fully saturated rings. The highest BCUT2D eigenvalue weighted by atomic mass is 35.5. The number of rotatable bonds is 2. The van der Waals surface area contributed by atoms with E-state index in [1.165, 1.54) is 24.3 Å². The molecule has 0 aliphatic heterocycles. The van der Waals surface area contributed by atoms with Gasteiger partial charge in [-0.3, -0.25) is 4.79 Å². The Morgan fingerprint density at radius 3 is 2.47 bits per heavy atom. The summed E-state index contributed by atoms with van der Waals surface area (Å²) >= 11 is 5.42. The van der Waals surface area contributed by atoms with Gasteiger partial charge in [-0.05, 0) is 18.2 Å². The van der Waals surface area contributed by atoms with Crippen molar-refractivity contribution in [3.05, 3.63) is 34.6 Å². The number of nitriles is 2. The van der Waals surface area contributed by atoms with E-state index in [0.29, 0.717) is 0 Å². The summed E-state index contributed by atoms with van der Waals surface area (Å²) in [6.45, 7) is 0. The summed E-state index contributed by atoms with van der Waals surface area (Å²) < 4.78 is 13.0. The van der Waals surface area contributed by atoms with Crippen molar-refractivity contribution >= 4 is 17.4 Å². The quantitative estimate of drug-likeness (QED) is 0.722. The standard InChI is InChI=1S/C10H4ClFN2O/c11-8-2-1-6(3-9(8)12)10(15)7(4-13)5-14/h1-3,7H. The third-order valence-corrected chi connectivity index (χ3v) is 2.03. The van der Waals surface area contributed by atoms with Gasteiger partial charge in [0, 0.05) is 5.56 Å². The van der Waals surface area contributed by atoms with E-state index in [2.05, 4.69) is 0 Å². The monoisotopic (exact) mass is 222 g/mol. The minimum absolute atomic E-state index is 0.0370. The lowest BCUT2D eigenvalue weighted by Crippen LogP contribution is -2.10. The first-order valence-corrected chi connectivity index (χ1v) is 4.26. The van der Waals surface area contributed by atoms with Gasteiger partial charge < -0.3 is 0 Å². The van der Waals surface area contributed by atoms with Crippen LogP contribution in [0, 0.1) is 34.4 Å². The van der Waals surface area contributed by atoms with Gasteiger partial charge in [-0.1, -0.05) is 11.6 Å². The van der Waals surface area contributed by atoms with Crippen molar-refractivity contribution in [2.24, 2.45) is 5.92 Å². The van der Waals surface area contributed by atoms with Gasteiger partial charge in [0.25, 0.3) is 0 Å². The van der Waals surface area contributed by atoms with Crippen LogP contribution in [0.5, 0.6) is 0 Å². The molecule has 0 spiro atoms. The van der Waals surface area contributed by atoms with Crippen molar-refractivity contribution in [2.45, 2.75) is 0 Å². The number of halogens is 2. The van der Waals surface area contributed by atoms with Crippen LogP contribution in [0.2, 0.25) is 5.02 Å². The lowest BCUT2D eigenvalue weighted by atomic mass is 10.0. The van der Waals surface area contributed by atoms with E-state index in [9.17, 15) is 9.18 Å². The van der Waals surface area contributed by atoms with E-state index >= 15 is 0 Å². The van der Waals surface area contributed by atoms with Crippen LogP contribution in [-0.2, 0) is 0 Å². The number of benzene rings is 1. The first-order valence-electron chi connectivity index (χ1n) is 3.88. The van der Waals surface area contributed by atoms with E-state index in [0.717, 1.165) is 6.07 Å². The number of carbonyl (C=O) groups is 1. The summed E-state index contributed by atoms with van der Waals surface area (Å²) in [4.78, 5) is 11.4. The highest BCUT2D eigenvalue weighted by Crippen LogP contribution is 2.17. The number of ketones is 1. The number of carbonyl (C=O) groups excluding carboxylic acids is 1. The summed E-state index contributed by atoms with van der Waals surface area (Å²) in [5.41, 5.74) is -0.0370. The van der Waals surface area contributed by atoms with Crippen molar-refractivity contribution in [3.8, 4) is 12.1 Å². The van der Waals surface area contributed by atoms with E-state index < -0.39 is 17.5 Å². The predicted octanol–water partition coefficient (Wildman–Crippen LogP) is 2.33. The highest BCUT2D eigenvalue weighted by Gasteiger charge is 2.19. The first kappa shape index (κ1) is 11.2. The Kier molecular flexibility index (Phi) is 3.38. The Morgan fingerprint density at radius 2 is 2.00 bits per heavy atom. The lowest BCUT2D eigenvalue weighted by Gasteiger charge is -2.01. The molecular formula is C10H4ClFN2O. The minimum atomic E-state index is -1.41. The molecule has 0 heterocycles. The zero-order chi connectivity index (χ0) is 11.4. The lowest BCUT2D eigenvalue weighted by molar-refractivity contribution is 0.0970. The van der Waals surface area contributed by atoms with Gasteiger partial charge in [-0.25, -0.2) is 4.39 Å². The SMILES string of the molecule is N#CC(C#N)C(=O)c1ccc(Cl)c(F)c1. The molecule has 0 N–H and O–H groups in total. The maximum absolute atomic E-state index is 13.0. The summed E-state index contributed by atoms with van der Waals surface area (Å²) in [7, 11) is 0. The van der Waals surface area contributed by atoms with Crippen molar-refractivity contribution in [2.75, 3.05) is 0 Å². The van der Waals surface area contributed by atoms with Crippen LogP contribution in [0.1, 0.15) is 10.4 Å². The summed E-state index contributed by atoms with van der Waals surface area (Å²) in [5, 5.41) is 16.8. The number of hydrogen-bond donors (Lipinski definition) is 0. The van der Waals surface area contributed by atoms with Crippen LogP contribution in [0.25, 0.3) is 0 Å². The fraction of sp³-hybridized carbons (Fsp3) is 0.100. The summed E-state index contributed by atoms with van der Waals surface area (Å²) in [6, 6.07) is 6.42. The second-order valence-electron chi connectivity index (χ2n) is 2.68. The normalized spacial score (nSPS) is 9.40.